The zero-order chi connectivity index (χ0) is 16.8. The van der Waals surface area contributed by atoms with E-state index in [2.05, 4.69) is 36.5 Å². The maximum atomic E-state index is 12.8. The molecule has 1 atom stereocenters. The van der Waals surface area contributed by atoms with Crippen LogP contribution in [0.15, 0.2) is 54.6 Å². The molecule has 1 unspecified atom stereocenters. The van der Waals surface area contributed by atoms with Gasteiger partial charge in [0.2, 0.25) is 0 Å². The number of hydrogen-bond acceptors (Lipinski definition) is 1. The Kier molecular flexibility index (Phi) is 5.52. The lowest BCUT2D eigenvalue weighted by molar-refractivity contribution is 0.175. The van der Waals surface area contributed by atoms with Gasteiger partial charge in [0.1, 0.15) is 0 Å². The normalized spacial score (nSPS) is 18.0. The minimum atomic E-state index is 0.0475. The Morgan fingerprint density at radius 2 is 1.79 bits per heavy atom. The van der Waals surface area contributed by atoms with Crippen LogP contribution in [-0.4, -0.2) is 17.5 Å². The lowest BCUT2D eigenvalue weighted by atomic mass is 10.00. The highest BCUT2D eigenvalue weighted by molar-refractivity contribution is 5.74. The van der Waals surface area contributed by atoms with Gasteiger partial charge >= 0.3 is 6.03 Å². The number of nitrogens with one attached hydrogen (secondary N) is 1. The molecule has 2 aromatic carbocycles. The largest absolute Gasteiger partial charge is 0.334 e. The van der Waals surface area contributed by atoms with Crippen molar-refractivity contribution in [3.05, 3.63) is 71.3 Å². The minimum Gasteiger partial charge on any atom is -0.334 e. The highest BCUT2D eigenvalue weighted by atomic mass is 16.2. The number of aryl methyl sites for hydroxylation is 1. The van der Waals surface area contributed by atoms with Crippen molar-refractivity contribution < 1.29 is 4.79 Å². The first-order valence-corrected chi connectivity index (χ1v) is 8.89. The molecule has 1 heterocycles. The van der Waals surface area contributed by atoms with Crippen LogP contribution in [0, 0.1) is 6.92 Å². The van der Waals surface area contributed by atoms with Gasteiger partial charge in [-0.3, -0.25) is 0 Å². The van der Waals surface area contributed by atoms with Crippen LogP contribution in [-0.2, 0) is 6.54 Å². The lowest BCUT2D eigenvalue weighted by Crippen LogP contribution is -2.41. The van der Waals surface area contributed by atoms with E-state index in [1.165, 1.54) is 24.0 Å². The van der Waals surface area contributed by atoms with E-state index in [4.69, 9.17) is 0 Å². The molecule has 0 aromatic heterocycles. The first kappa shape index (κ1) is 16.6. The molecule has 2 amide bonds. The molecule has 0 aliphatic carbocycles. The van der Waals surface area contributed by atoms with Crippen LogP contribution in [0.25, 0.3) is 0 Å². The van der Waals surface area contributed by atoms with Gasteiger partial charge in [-0.15, -0.1) is 0 Å². The van der Waals surface area contributed by atoms with Gasteiger partial charge in [0, 0.05) is 13.1 Å². The van der Waals surface area contributed by atoms with Gasteiger partial charge < -0.3 is 10.2 Å². The van der Waals surface area contributed by atoms with Crippen molar-refractivity contribution in [2.45, 2.75) is 45.2 Å². The summed E-state index contributed by atoms with van der Waals surface area (Å²) in [5.74, 6) is 0. The third-order valence-corrected chi connectivity index (χ3v) is 4.76. The predicted molar refractivity (Wildman–Crippen MR) is 97.8 cm³/mol. The number of carbonyl (C=O) groups excluding carboxylic acids is 1. The molecule has 3 rings (SSSR count). The Hall–Kier alpha value is -2.29. The minimum absolute atomic E-state index is 0.0475. The van der Waals surface area contributed by atoms with Gasteiger partial charge in [0.05, 0.1) is 6.04 Å². The maximum absolute atomic E-state index is 12.8. The topological polar surface area (TPSA) is 32.3 Å². The number of rotatable bonds is 3. The van der Waals surface area contributed by atoms with Gasteiger partial charge in [-0.05, 0) is 30.9 Å². The summed E-state index contributed by atoms with van der Waals surface area (Å²) in [6.07, 6.45) is 4.51. The fourth-order valence-electron chi connectivity index (χ4n) is 3.36. The van der Waals surface area contributed by atoms with Crippen LogP contribution in [0.2, 0.25) is 0 Å². The first-order chi connectivity index (χ1) is 11.7. The molecule has 0 spiro atoms. The van der Waals surface area contributed by atoms with Crippen molar-refractivity contribution >= 4 is 6.03 Å². The number of urea groups is 1. The monoisotopic (exact) mass is 322 g/mol. The van der Waals surface area contributed by atoms with Gasteiger partial charge in [-0.1, -0.05) is 73.0 Å². The molecule has 1 saturated heterocycles. The van der Waals surface area contributed by atoms with Gasteiger partial charge in [-0.25, -0.2) is 4.79 Å². The first-order valence-electron chi connectivity index (χ1n) is 8.89. The molecule has 2 aromatic rings. The van der Waals surface area contributed by atoms with Crippen LogP contribution in [0.5, 0.6) is 0 Å². The van der Waals surface area contributed by atoms with E-state index in [0.29, 0.717) is 6.54 Å². The fourth-order valence-corrected chi connectivity index (χ4v) is 3.36. The summed E-state index contributed by atoms with van der Waals surface area (Å²) in [6, 6.07) is 18.9. The molecule has 3 nitrogen and oxygen atoms in total. The SMILES string of the molecule is Cc1ccc(C2CCCCCN2C(=O)NCc2ccccc2)cc1. The standard InChI is InChI=1S/C21H26N2O/c1-17-11-13-19(14-12-17)20-10-6-3-7-15-23(20)21(24)22-16-18-8-4-2-5-9-18/h2,4-5,8-9,11-14,20H,3,6-7,10,15-16H2,1H3,(H,22,24). The van der Waals surface area contributed by atoms with Crippen molar-refractivity contribution in [1.82, 2.24) is 10.2 Å². The maximum Gasteiger partial charge on any atom is 0.318 e. The second-order valence-electron chi connectivity index (χ2n) is 6.61. The second kappa shape index (κ2) is 8.00. The van der Waals surface area contributed by atoms with Crippen molar-refractivity contribution in [2.24, 2.45) is 0 Å². The molecule has 1 aliphatic heterocycles. The molecule has 1 N–H and O–H groups in total. The van der Waals surface area contributed by atoms with Gasteiger partial charge in [-0.2, -0.15) is 0 Å². The number of benzene rings is 2. The van der Waals surface area contributed by atoms with Crippen molar-refractivity contribution in [3.63, 3.8) is 0 Å². The number of nitrogens with zero attached hydrogens (tertiary/aromatic N) is 1. The number of likely N-dealkylation sites (tertiary alicyclic amines) is 1. The number of amides is 2. The molecule has 24 heavy (non-hydrogen) atoms. The average molecular weight is 322 g/mol. The third kappa shape index (κ3) is 4.16. The molecule has 1 fully saturated rings. The summed E-state index contributed by atoms with van der Waals surface area (Å²) >= 11 is 0. The van der Waals surface area contributed by atoms with Crippen molar-refractivity contribution in [2.75, 3.05) is 6.54 Å². The number of hydrogen-bond donors (Lipinski definition) is 1. The Morgan fingerprint density at radius 3 is 2.54 bits per heavy atom. The van der Waals surface area contributed by atoms with E-state index in [-0.39, 0.29) is 12.1 Å². The van der Waals surface area contributed by atoms with Crippen LogP contribution >= 0.6 is 0 Å². The van der Waals surface area contributed by atoms with E-state index < -0.39 is 0 Å². The summed E-state index contributed by atoms with van der Waals surface area (Å²) in [7, 11) is 0. The Balaban J connectivity index is 1.71. The van der Waals surface area contributed by atoms with E-state index in [1.54, 1.807) is 0 Å². The zero-order valence-electron chi connectivity index (χ0n) is 14.4. The molecular formula is C21H26N2O. The molecule has 3 heteroatoms. The van der Waals surface area contributed by atoms with Crippen LogP contribution in [0.3, 0.4) is 0 Å². The quantitative estimate of drug-likeness (QED) is 0.863. The van der Waals surface area contributed by atoms with E-state index in [9.17, 15) is 4.79 Å². The highest BCUT2D eigenvalue weighted by Crippen LogP contribution is 2.30. The molecule has 0 radical (unpaired) electrons. The van der Waals surface area contributed by atoms with E-state index in [1.807, 2.05) is 35.2 Å². The van der Waals surface area contributed by atoms with E-state index >= 15 is 0 Å². The summed E-state index contributed by atoms with van der Waals surface area (Å²) in [6.45, 7) is 3.51. The summed E-state index contributed by atoms with van der Waals surface area (Å²) < 4.78 is 0. The number of carbonyl (C=O) groups is 1. The molecule has 0 bridgehead atoms. The smallest absolute Gasteiger partial charge is 0.318 e. The van der Waals surface area contributed by atoms with Crippen molar-refractivity contribution in [1.29, 1.82) is 0 Å². The van der Waals surface area contributed by atoms with Gasteiger partial charge in [0.15, 0.2) is 0 Å². The molecule has 126 valence electrons. The molecule has 0 saturated carbocycles. The zero-order valence-corrected chi connectivity index (χ0v) is 14.4. The average Bonchev–Trinajstić information content (AvgIpc) is 2.87. The fraction of sp³-hybridized carbons (Fsp3) is 0.381. The third-order valence-electron chi connectivity index (χ3n) is 4.76. The molecular weight excluding hydrogens is 296 g/mol. The Bertz CT molecular complexity index is 651. The van der Waals surface area contributed by atoms with E-state index in [0.717, 1.165) is 24.9 Å². The highest BCUT2D eigenvalue weighted by Gasteiger charge is 2.26. The predicted octanol–water partition coefficient (Wildman–Crippen LogP) is 4.82. The summed E-state index contributed by atoms with van der Waals surface area (Å²) in [5.41, 5.74) is 3.64. The Morgan fingerprint density at radius 1 is 1.04 bits per heavy atom. The van der Waals surface area contributed by atoms with Crippen molar-refractivity contribution in [3.8, 4) is 0 Å². The summed E-state index contributed by atoms with van der Waals surface area (Å²) in [4.78, 5) is 14.8. The van der Waals surface area contributed by atoms with Crippen LogP contribution < -0.4 is 5.32 Å². The van der Waals surface area contributed by atoms with Crippen LogP contribution in [0.4, 0.5) is 4.79 Å². The van der Waals surface area contributed by atoms with Crippen LogP contribution in [0.1, 0.15) is 48.4 Å². The summed E-state index contributed by atoms with van der Waals surface area (Å²) in [5, 5.41) is 3.09. The second-order valence-corrected chi connectivity index (χ2v) is 6.61. The van der Waals surface area contributed by atoms with Gasteiger partial charge in [0.25, 0.3) is 0 Å². The molecule has 1 aliphatic rings. The Labute approximate surface area is 144 Å². The lowest BCUT2D eigenvalue weighted by Gasteiger charge is -2.30.